The fourth-order valence-corrected chi connectivity index (χ4v) is 3.87. The van der Waals surface area contributed by atoms with Crippen molar-refractivity contribution < 1.29 is 49.8 Å². The lowest BCUT2D eigenvalue weighted by molar-refractivity contribution is -0.00169. The number of hydrogen-bond acceptors (Lipinski definition) is 15. The van der Waals surface area contributed by atoms with Crippen LogP contribution >= 0.6 is 33.9 Å². The van der Waals surface area contributed by atoms with E-state index in [1.807, 2.05) is 55.4 Å². The standard InChI is InChI=1S/C19H26Cl2N4O3.C6H14O4S.C5H12O2.C2H6.CH3ClO2S/c1-13(2)28-12-11-27-10-9-26-8-4-7-16-23-19(22)18(25-24-16)14-5-3-6-15(20)17(14)21;1-6(2)9-4-5-10-11(3,7)8;1-5(2)7-4-3-6;1-2;1-5(2,3)4/h3,5-6,13H,4,7-12H2,1-2H3,(H2,22,23,24);6H,4-5H2,1-3H3;5-6H,3-4H2,1-2H3;1-2H3;1H3. The summed E-state index contributed by atoms with van der Waals surface area (Å²) in [6, 6.07) is 5.25. The molecule has 0 amide bonds. The fourth-order valence-electron chi connectivity index (χ4n) is 3.11. The Morgan fingerprint density at radius 1 is 0.755 bits per heavy atom. The molecular formula is C33H61Cl3N4O11S2. The van der Waals surface area contributed by atoms with Crippen molar-refractivity contribution in [1.82, 2.24) is 15.2 Å². The van der Waals surface area contributed by atoms with Crippen molar-refractivity contribution in [2.24, 2.45) is 0 Å². The van der Waals surface area contributed by atoms with Gasteiger partial charge in [0.05, 0.1) is 93.7 Å². The van der Waals surface area contributed by atoms with Crippen LogP contribution < -0.4 is 5.73 Å². The number of halogens is 3. The van der Waals surface area contributed by atoms with Crippen molar-refractivity contribution in [1.29, 1.82) is 0 Å². The van der Waals surface area contributed by atoms with Gasteiger partial charge >= 0.3 is 0 Å². The maximum absolute atomic E-state index is 10.4. The fraction of sp³-hybridized carbons (Fsp3) is 0.727. The summed E-state index contributed by atoms with van der Waals surface area (Å²) in [7, 11) is -1.99. The Bertz CT molecular complexity index is 1400. The van der Waals surface area contributed by atoms with Crippen molar-refractivity contribution in [3.63, 3.8) is 0 Å². The number of nitrogen functional groups attached to an aromatic ring is 1. The second kappa shape index (κ2) is 33.8. The summed E-state index contributed by atoms with van der Waals surface area (Å²) < 4.78 is 70.3. The molecule has 0 aliphatic carbocycles. The van der Waals surface area contributed by atoms with Crippen LogP contribution in [0, 0.1) is 0 Å². The third kappa shape index (κ3) is 40.0. The molecule has 0 unspecified atom stereocenters. The second-order valence-corrected chi connectivity index (χ2v) is 16.6. The molecule has 0 aliphatic rings. The molecule has 3 N–H and O–H groups in total. The zero-order valence-corrected chi connectivity index (χ0v) is 36.5. The molecule has 0 saturated heterocycles. The highest BCUT2D eigenvalue weighted by atomic mass is 35.7. The van der Waals surface area contributed by atoms with Crippen molar-refractivity contribution in [2.45, 2.75) is 86.5 Å². The van der Waals surface area contributed by atoms with Crippen LogP contribution in [0.2, 0.25) is 10.0 Å². The molecule has 0 bridgehead atoms. The lowest BCUT2D eigenvalue weighted by Crippen LogP contribution is -2.12. The summed E-state index contributed by atoms with van der Waals surface area (Å²) in [5, 5.41) is 17.3. The molecular weight excluding hydrogens is 799 g/mol. The predicted octanol–water partition coefficient (Wildman–Crippen LogP) is 5.82. The lowest BCUT2D eigenvalue weighted by Gasteiger charge is -2.09. The topological polar surface area (TPSA) is 209 Å². The number of aliphatic hydroxyl groups is 1. The van der Waals surface area contributed by atoms with Gasteiger partial charge in [0.15, 0.2) is 11.6 Å². The van der Waals surface area contributed by atoms with E-state index < -0.39 is 19.2 Å². The normalized spacial score (nSPS) is 11.1. The Kier molecular flexibility index (Phi) is 35.6. The van der Waals surface area contributed by atoms with Crippen LogP contribution in [0.25, 0.3) is 11.3 Å². The highest BCUT2D eigenvalue weighted by molar-refractivity contribution is 8.13. The van der Waals surface area contributed by atoms with E-state index in [4.69, 9.17) is 57.7 Å². The highest BCUT2D eigenvalue weighted by Crippen LogP contribution is 2.34. The third-order valence-corrected chi connectivity index (χ3v) is 6.49. The van der Waals surface area contributed by atoms with Gasteiger partial charge in [-0.3, -0.25) is 4.18 Å². The number of aromatic nitrogens is 3. The molecule has 0 saturated carbocycles. The summed E-state index contributed by atoms with van der Waals surface area (Å²) >= 11 is 12.2. The zero-order chi connectivity index (χ0) is 41.5. The zero-order valence-electron chi connectivity index (χ0n) is 32.6. The van der Waals surface area contributed by atoms with Gasteiger partial charge in [0.2, 0.25) is 9.05 Å². The van der Waals surface area contributed by atoms with Crippen LogP contribution in [-0.4, -0.2) is 127 Å². The van der Waals surface area contributed by atoms with Gasteiger partial charge in [-0.15, -0.1) is 10.2 Å². The van der Waals surface area contributed by atoms with Crippen molar-refractivity contribution in [2.75, 3.05) is 77.7 Å². The van der Waals surface area contributed by atoms with Gasteiger partial charge < -0.3 is 34.5 Å². The van der Waals surface area contributed by atoms with E-state index in [9.17, 15) is 16.8 Å². The Morgan fingerprint density at radius 2 is 1.23 bits per heavy atom. The van der Waals surface area contributed by atoms with Gasteiger partial charge in [0, 0.05) is 29.3 Å². The number of rotatable bonds is 20. The van der Waals surface area contributed by atoms with Gasteiger partial charge in [0.1, 0.15) is 5.69 Å². The molecule has 0 spiro atoms. The number of aliphatic hydroxyl groups excluding tert-OH is 1. The van der Waals surface area contributed by atoms with E-state index >= 15 is 0 Å². The minimum Gasteiger partial charge on any atom is -0.394 e. The number of anilines is 1. The Morgan fingerprint density at radius 3 is 1.68 bits per heavy atom. The quantitative estimate of drug-likeness (QED) is 0.0914. The monoisotopic (exact) mass is 858 g/mol. The van der Waals surface area contributed by atoms with Crippen molar-refractivity contribution >= 4 is 58.9 Å². The van der Waals surface area contributed by atoms with Crippen molar-refractivity contribution in [3.8, 4) is 11.3 Å². The van der Waals surface area contributed by atoms with E-state index in [0.717, 1.165) is 18.9 Å². The van der Waals surface area contributed by atoms with E-state index in [-0.39, 0.29) is 37.3 Å². The van der Waals surface area contributed by atoms with E-state index in [2.05, 4.69) is 30.0 Å². The minimum absolute atomic E-state index is 0.0943. The first kappa shape index (κ1) is 55.9. The summed E-state index contributed by atoms with van der Waals surface area (Å²) in [6.45, 7) is 19.4. The summed E-state index contributed by atoms with van der Waals surface area (Å²) in [6.07, 6.45) is 3.89. The maximum atomic E-state index is 10.4. The van der Waals surface area contributed by atoms with Crippen LogP contribution in [0.15, 0.2) is 18.2 Å². The van der Waals surface area contributed by atoms with Gasteiger partial charge in [-0.1, -0.05) is 49.2 Å². The molecule has 20 heteroatoms. The SMILES string of the molecule is CC.CC(C)OCCO.CC(C)OCCOCCOCCCc1nnc(-c2cccc(Cl)c2Cl)c(N)n1.CC(C)OCCOS(C)(=O)=O.CS(=O)(=O)Cl. The molecule has 1 heterocycles. The smallest absolute Gasteiger partial charge is 0.264 e. The van der Waals surface area contributed by atoms with Crippen LogP contribution in [0.3, 0.4) is 0 Å². The number of aryl methyl sites for hydroxylation is 1. The Labute approximate surface area is 332 Å². The molecule has 53 heavy (non-hydrogen) atoms. The maximum Gasteiger partial charge on any atom is 0.264 e. The molecule has 0 fully saturated rings. The summed E-state index contributed by atoms with van der Waals surface area (Å²) in [4.78, 5) is 4.31. The van der Waals surface area contributed by atoms with Crippen molar-refractivity contribution in [3.05, 3.63) is 34.1 Å². The van der Waals surface area contributed by atoms with E-state index in [1.54, 1.807) is 18.2 Å². The lowest BCUT2D eigenvalue weighted by atomic mass is 10.1. The average molecular weight is 860 g/mol. The number of nitrogens with two attached hydrogens (primary N) is 1. The minimum atomic E-state index is -3.30. The van der Waals surface area contributed by atoms with Crippen LogP contribution in [-0.2, 0) is 53.5 Å². The first-order chi connectivity index (χ1) is 24.7. The van der Waals surface area contributed by atoms with Crippen LogP contribution in [0.1, 0.15) is 67.6 Å². The molecule has 0 atom stereocenters. The third-order valence-electron chi connectivity index (χ3n) is 5.08. The molecule has 2 rings (SSSR count). The average Bonchev–Trinajstić information content (AvgIpc) is 3.05. The summed E-state index contributed by atoms with van der Waals surface area (Å²) in [5.41, 5.74) is 7.06. The molecule has 0 radical (unpaired) electrons. The molecule has 2 aromatic rings. The molecule has 1 aromatic heterocycles. The highest BCUT2D eigenvalue weighted by Gasteiger charge is 2.14. The molecule has 1 aromatic carbocycles. The molecule has 0 aliphatic heterocycles. The number of ether oxygens (including phenoxy) is 5. The predicted molar refractivity (Wildman–Crippen MR) is 213 cm³/mol. The van der Waals surface area contributed by atoms with Gasteiger partial charge in [-0.05, 0) is 54.0 Å². The number of benzene rings is 1. The van der Waals surface area contributed by atoms with Gasteiger partial charge in [-0.25, -0.2) is 13.4 Å². The van der Waals surface area contributed by atoms with E-state index in [1.165, 1.54) is 0 Å². The van der Waals surface area contributed by atoms with Gasteiger partial charge in [-0.2, -0.15) is 8.42 Å². The van der Waals surface area contributed by atoms with Crippen LogP contribution in [0.4, 0.5) is 5.82 Å². The first-order valence-corrected chi connectivity index (χ1v) is 22.2. The second-order valence-electron chi connectivity index (χ2n) is 11.1. The van der Waals surface area contributed by atoms with Gasteiger partial charge in [0.25, 0.3) is 10.1 Å². The summed E-state index contributed by atoms with van der Waals surface area (Å²) in [5.74, 6) is 0.831. The number of nitrogens with zero attached hydrogens (tertiary/aromatic N) is 3. The van der Waals surface area contributed by atoms with Crippen LogP contribution in [0.5, 0.6) is 0 Å². The Balaban J connectivity index is -0.000000816. The molecule has 312 valence electrons. The Hall–Kier alpha value is -1.48. The molecule has 15 nitrogen and oxygen atoms in total. The van der Waals surface area contributed by atoms with E-state index in [0.29, 0.717) is 79.8 Å². The number of hydrogen-bond donors (Lipinski definition) is 2. The largest absolute Gasteiger partial charge is 0.394 e. The first-order valence-electron chi connectivity index (χ1n) is 17.0.